The Morgan fingerprint density at radius 1 is 1.47 bits per heavy atom. The van der Waals surface area contributed by atoms with Gasteiger partial charge in [0.1, 0.15) is 12.2 Å². The quantitative estimate of drug-likeness (QED) is 0.697. The molecule has 1 heterocycles. The summed E-state index contributed by atoms with van der Waals surface area (Å²) in [6.45, 7) is 7.10. The van der Waals surface area contributed by atoms with Crippen molar-refractivity contribution in [1.82, 2.24) is 10.2 Å². The number of nitrogens with one attached hydrogen (secondary N) is 1. The Labute approximate surface area is 112 Å². The van der Waals surface area contributed by atoms with Crippen LogP contribution in [-0.4, -0.2) is 66.6 Å². The maximum Gasteiger partial charge on any atom is 0.329 e. The molecule has 110 valence electrons. The van der Waals surface area contributed by atoms with Crippen molar-refractivity contribution in [2.75, 3.05) is 32.9 Å². The number of carboxylic acids is 1. The Morgan fingerprint density at radius 2 is 2.11 bits per heavy atom. The first-order valence-electron chi connectivity index (χ1n) is 6.35. The molecule has 7 heteroatoms. The number of carboxylic acid groups (broad SMARTS) is 1. The lowest BCUT2D eigenvalue weighted by Crippen LogP contribution is -2.66. The Bertz CT molecular complexity index is 328. The first-order valence-corrected chi connectivity index (χ1v) is 6.35. The fourth-order valence-corrected chi connectivity index (χ4v) is 1.87. The van der Waals surface area contributed by atoms with Gasteiger partial charge in [-0.1, -0.05) is 0 Å². The van der Waals surface area contributed by atoms with Crippen molar-refractivity contribution in [3.63, 3.8) is 0 Å². The highest BCUT2D eigenvalue weighted by atomic mass is 16.5. The van der Waals surface area contributed by atoms with Crippen molar-refractivity contribution in [2.24, 2.45) is 0 Å². The molecule has 1 aliphatic heterocycles. The summed E-state index contributed by atoms with van der Waals surface area (Å²) in [5.41, 5.74) is -0.557. The zero-order valence-electron chi connectivity index (χ0n) is 11.6. The molecule has 1 fully saturated rings. The third-order valence-corrected chi connectivity index (χ3v) is 2.82. The van der Waals surface area contributed by atoms with Gasteiger partial charge in [-0.15, -0.1) is 0 Å². The lowest BCUT2D eigenvalue weighted by molar-refractivity contribution is -0.159. The molecule has 19 heavy (non-hydrogen) atoms. The van der Waals surface area contributed by atoms with E-state index in [1.54, 1.807) is 11.8 Å². The van der Waals surface area contributed by atoms with Crippen molar-refractivity contribution < 1.29 is 24.2 Å². The molecule has 2 amide bonds. The largest absolute Gasteiger partial charge is 0.480 e. The van der Waals surface area contributed by atoms with Gasteiger partial charge in [0.25, 0.3) is 0 Å². The normalized spacial score (nSPS) is 18.6. The molecule has 0 aromatic carbocycles. The molecular formula is C12H22N2O5. The minimum absolute atomic E-state index is 0.0563. The molecule has 0 aliphatic carbocycles. The fraction of sp³-hybridized carbons (Fsp3) is 0.833. The highest BCUT2D eigenvalue weighted by molar-refractivity contribution is 5.75. The summed E-state index contributed by atoms with van der Waals surface area (Å²) < 4.78 is 10.4. The second kappa shape index (κ2) is 6.72. The van der Waals surface area contributed by atoms with Crippen LogP contribution in [0, 0.1) is 0 Å². The van der Waals surface area contributed by atoms with Crippen LogP contribution in [-0.2, 0) is 14.3 Å². The third-order valence-electron chi connectivity index (χ3n) is 2.82. The highest BCUT2D eigenvalue weighted by Gasteiger charge is 2.42. The van der Waals surface area contributed by atoms with Crippen molar-refractivity contribution in [3.05, 3.63) is 0 Å². The standard InChI is InChI=1S/C12H22N2O5/c1-4-18-5-9(2)13-11(17)14-7-12(3,8-14)19-6-10(15)16/h9H,4-8H2,1-3H3,(H,13,17)(H,15,16). The average Bonchev–Trinajstić information content (AvgIpc) is 2.30. The van der Waals surface area contributed by atoms with E-state index in [-0.39, 0.29) is 18.7 Å². The van der Waals surface area contributed by atoms with E-state index in [1.807, 2.05) is 13.8 Å². The Hall–Kier alpha value is -1.34. The maximum absolute atomic E-state index is 11.8. The number of ether oxygens (including phenoxy) is 2. The number of carbonyl (C=O) groups is 2. The topological polar surface area (TPSA) is 88.1 Å². The number of nitrogens with zero attached hydrogens (tertiary/aromatic N) is 1. The SMILES string of the molecule is CCOCC(C)NC(=O)N1CC(C)(OCC(=O)O)C1. The van der Waals surface area contributed by atoms with Crippen LogP contribution < -0.4 is 5.32 Å². The monoisotopic (exact) mass is 274 g/mol. The van der Waals surface area contributed by atoms with Crippen molar-refractivity contribution in [2.45, 2.75) is 32.4 Å². The number of carbonyl (C=O) groups excluding carboxylic acids is 1. The summed E-state index contributed by atoms with van der Waals surface area (Å²) in [4.78, 5) is 23.8. The van der Waals surface area contributed by atoms with E-state index < -0.39 is 11.6 Å². The van der Waals surface area contributed by atoms with E-state index in [0.29, 0.717) is 26.3 Å². The van der Waals surface area contributed by atoms with Crippen LogP contribution in [0.3, 0.4) is 0 Å². The molecule has 1 aliphatic rings. The number of aliphatic carboxylic acids is 1. The van der Waals surface area contributed by atoms with Crippen LogP contribution >= 0.6 is 0 Å². The zero-order valence-corrected chi connectivity index (χ0v) is 11.6. The van der Waals surface area contributed by atoms with Gasteiger partial charge in [0.15, 0.2) is 0 Å². The number of hydrogen-bond acceptors (Lipinski definition) is 4. The van der Waals surface area contributed by atoms with Gasteiger partial charge in [0.05, 0.1) is 25.7 Å². The Balaban J connectivity index is 2.25. The number of amides is 2. The van der Waals surface area contributed by atoms with Gasteiger partial charge in [-0.2, -0.15) is 0 Å². The summed E-state index contributed by atoms with van der Waals surface area (Å²) in [6.07, 6.45) is 0. The first kappa shape index (κ1) is 15.7. The van der Waals surface area contributed by atoms with Gasteiger partial charge >= 0.3 is 12.0 Å². The van der Waals surface area contributed by atoms with Gasteiger partial charge in [0, 0.05) is 6.61 Å². The number of hydrogen-bond donors (Lipinski definition) is 2. The van der Waals surface area contributed by atoms with Gasteiger partial charge in [-0.25, -0.2) is 9.59 Å². The van der Waals surface area contributed by atoms with Gasteiger partial charge in [-0.3, -0.25) is 0 Å². The lowest BCUT2D eigenvalue weighted by atomic mass is 9.97. The summed E-state index contributed by atoms with van der Waals surface area (Å²) >= 11 is 0. The molecule has 7 nitrogen and oxygen atoms in total. The van der Waals surface area contributed by atoms with E-state index in [1.165, 1.54) is 0 Å². The number of likely N-dealkylation sites (tertiary alicyclic amines) is 1. The molecule has 0 aromatic rings. The zero-order chi connectivity index (χ0) is 14.5. The Kier molecular flexibility index (Phi) is 5.56. The van der Waals surface area contributed by atoms with E-state index in [4.69, 9.17) is 14.6 Å². The summed E-state index contributed by atoms with van der Waals surface area (Å²) in [7, 11) is 0. The number of urea groups is 1. The summed E-state index contributed by atoms with van der Waals surface area (Å²) in [5.74, 6) is -1.01. The lowest BCUT2D eigenvalue weighted by Gasteiger charge is -2.47. The first-order chi connectivity index (χ1) is 8.86. The highest BCUT2D eigenvalue weighted by Crippen LogP contribution is 2.24. The maximum atomic E-state index is 11.8. The fourth-order valence-electron chi connectivity index (χ4n) is 1.87. The van der Waals surface area contributed by atoms with Crippen LogP contribution in [0.2, 0.25) is 0 Å². The second-order valence-corrected chi connectivity index (χ2v) is 5.00. The average molecular weight is 274 g/mol. The van der Waals surface area contributed by atoms with Crippen LogP contribution in [0.5, 0.6) is 0 Å². The minimum atomic E-state index is -1.01. The molecule has 0 radical (unpaired) electrons. The van der Waals surface area contributed by atoms with Gasteiger partial charge in [0.2, 0.25) is 0 Å². The molecule has 1 unspecified atom stereocenters. The molecule has 1 atom stereocenters. The van der Waals surface area contributed by atoms with Gasteiger partial charge < -0.3 is 24.8 Å². The predicted octanol–water partition coefficient (Wildman–Crippen LogP) is 0.297. The molecule has 0 aromatic heterocycles. The van der Waals surface area contributed by atoms with Gasteiger partial charge in [-0.05, 0) is 20.8 Å². The van der Waals surface area contributed by atoms with E-state index >= 15 is 0 Å². The predicted molar refractivity (Wildman–Crippen MR) is 68.1 cm³/mol. The van der Waals surface area contributed by atoms with Crippen LogP contribution in [0.4, 0.5) is 4.79 Å². The smallest absolute Gasteiger partial charge is 0.329 e. The van der Waals surface area contributed by atoms with Crippen LogP contribution in [0.1, 0.15) is 20.8 Å². The van der Waals surface area contributed by atoms with Crippen LogP contribution in [0.25, 0.3) is 0 Å². The molecule has 2 N–H and O–H groups in total. The second-order valence-electron chi connectivity index (χ2n) is 5.00. The molecular weight excluding hydrogens is 252 g/mol. The molecule has 1 saturated heterocycles. The summed E-state index contributed by atoms with van der Waals surface area (Å²) in [6, 6.07) is -0.233. The van der Waals surface area contributed by atoms with Crippen molar-refractivity contribution >= 4 is 12.0 Å². The van der Waals surface area contributed by atoms with E-state index in [0.717, 1.165) is 0 Å². The van der Waals surface area contributed by atoms with Crippen molar-refractivity contribution in [1.29, 1.82) is 0 Å². The minimum Gasteiger partial charge on any atom is -0.480 e. The van der Waals surface area contributed by atoms with E-state index in [2.05, 4.69) is 5.32 Å². The summed E-state index contributed by atoms with van der Waals surface area (Å²) in [5, 5.41) is 11.4. The molecule has 0 saturated carbocycles. The molecule has 1 rings (SSSR count). The van der Waals surface area contributed by atoms with E-state index in [9.17, 15) is 9.59 Å². The third kappa shape index (κ3) is 5.04. The molecule has 0 spiro atoms. The Morgan fingerprint density at radius 3 is 2.63 bits per heavy atom. The van der Waals surface area contributed by atoms with Crippen molar-refractivity contribution in [3.8, 4) is 0 Å². The van der Waals surface area contributed by atoms with Crippen LogP contribution in [0.15, 0.2) is 0 Å². The number of rotatable bonds is 7. The molecule has 0 bridgehead atoms.